The topological polar surface area (TPSA) is 66.9 Å². The first kappa shape index (κ1) is 17.7. The van der Waals surface area contributed by atoms with E-state index in [9.17, 15) is 4.79 Å². The van der Waals surface area contributed by atoms with Crippen molar-refractivity contribution in [3.8, 4) is 0 Å². The summed E-state index contributed by atoms with van der Waals surface area (Å²) in [6.45, 7) is 2.12. The van der Waals surface area contributed by atoms with Gasteiger partial charge in [-0.15, -0.1) is 0 Å². The predicted octanol–water partition coefficient (Wildman–Crippen LogP) is 5.19. The summed E-state index contributed by atoms with van der Waals surface area (Å²) in [5, 5.41) is 7.28. The standard InChI is InChI=1S/C23H20N4O/c1-2-16-7-3-4-10-19(16)26-18-12-14-24-21(15-18)23(28)27-20-11-5-8-17-9-6-13-25-22(17)20/h3-15H,2H2,1H3,(H,24,26)(H,27,28). The molecular weight excluding hydrogens is 348 g/mol. The van der Waals surface area contributed by atoms with Gasteiger partial charge in [0.05, 0.1) is 11.2 Å². The van der Waals surface area contributed by atoms with Crippen LogP contribution >= 0.6 is 0 Å². The molecule has 0 aliphatic heterocycles. The molecule has 0 saturated carbocycles. The molecule has 4 aromatic rings. The van der Waals surface area contributed by atoms with Gasteiger partial charge in [0.1, 0.15) is 5.69 Å². The Morgan fingerprint density at radius 2 is 1.71 bits per heavy atom. The maximum absolute atomic E-state index is 12.8. The van der Waals surface area contributed by atoms with Crippen LogP contribution < -0.4 is 10.6 Å². The summed E-state index contributed by atoms with van der Waals surface area (Å²) in [6, 6.07) is 21.3. The second-order valence-electron chi connectivity index (χ2n) is 6.40. The highest BCUT2D eigenvalue weighted by Crippen LogP contribution is 2.23. The number of nitrogens with zero attached hydrogens (tertiary/aromatic N) is 2. The molecule has 2 aromatic heterocycles. The number of aromatic nitrogens is 2. The van der Waals surface area contributed by atoms with Crippen LogP contribution in [0.4, 0.5) is 17.1 Å². The average molecular weight is 368 g/mol. The number of hydrogen-bond acceptors (Lipinski definition) is 4. The second kappa shape index (κ2) is 7.88. The second-order valence-corrected chi connectivity index (χ2v) is 6.40. The van der Waals surface area contributed by atoms with E-state index in [4.69, 9.17) is 0 Å². The van der Waals surface area contributed by atoms with Crippen molar-refractivity contribution < 1.29 is 4.79 Å². The maximum atomic E-state index is 12.8. The highest BCUT2D eigenvalue weighted by molar-refractivity contribution is 6.07. The van der Waals surface area contributed by atoms with E-state index in [0.717, 1.165) is 28.7 Å². The van der Waals surface area contributed by atoms with Crippen molar-refractivity contribution in [1.29, 1.82) is 0 Å². The molecule has 0 fully saturated rings. The SMILES string of the molecule is CCc1ccccc1Nc1ccnc(C(=O)Nc2cccc3cccnc23)c1. The molecular formula is C23H20N4O. The van der Waals surface area contributed by atoms with Crippen molar-refractivity contribution >= 4 is 33.9 Å². The molecule has 4 rings (SSSR count). The van der Waals surface area contributed by atoms with Gasteiger partial charge in [0.15, 0.2) is 0 Å². The number of carbonyl (C=O) groups excluding carboxylic acids is 1. The molecule has 5 nitrogen and oxygen atoms in total. The number of amides is 1. The first-order valence-electron chi connectivity index (χ1n) is 9.20. The number of fused-ring (bicyclic) bond motifs is 1. The normalized spacial score (nSPS) is 10.6. The molecule has 0 aliphatic rings. The molecule has 2 aromatic carbocycles. The number of nitrogens with one attached hydrogen (secondary N) is 2. The van der Waals surface area contributed by atoms with E-state index < -0.39 is 0 Å². The van der Waals surface area contributed by atoms with Crippen LogP contribution in [0.5, 0.6) is 0 Å². The number of aryl methyl sites for hydroxylation is 1. The lowest BCUT2D eigenvalue weighted by Gasteiger charge is -2.12. The lowest BCUT2D eigenvalue weighted by Crippen LogP contribution is -2.14. The molecule has 0 radical (unpaired) electrons. The zero-order valence-corrected chi connectivity index (χ0v) is 15.5. The van der Waals surface area contributed by atoms with Crippen LogP contribution in [0, 0.1) is 0 Å². The molecule has 138 valence electrons. The Kier molecular flexibility index (Phi) is 4.97. The largest absolute Gasteiger partial charge is 0.355 e. The van der Waals surface area contributed by atoms with E-state index in [1.807, 2.05) is 54.6 Å². The Morgan fingerprint density at radius 1 is 0.893 bits per heavy atom. The van der Waals surface area contributed by atoms with Gasteiger partial charge in [-0.3, -0.25) is 14.8 Å². The maximum Gasteiger partial charge on any atom is 0.274 e. The van der Waals surface area contributed by atoms with E-state index in [1.54, 1.807) is 18.5 Å². The quantitative estimate of drug-likeness (QED) is 0.509. The molecule has 0 spiro atoms. The molecule has 5 heteroatoms. The summed E-state index contributed by atoms with van der Waals surface area (Å²) in [6.07, 6.45) is 4.27. The Labute approximate surface area is 163 Å². The van der Waals surface area contributed by atoms with E-state index in [0.29, 0.717) is 11.4 Å². The first-order chi connectivity index (χ1) is 13.7. The van der Waals surface area contributed by atoms with Crippen LogP contribution in [-0.4, -0.2) is 15.9 Å². The van der Waals surface area contributed by atoms with E-state index in [1.165, 1.54) is 5.56 Å². The van der Waals surface area contributed by atoms with Crippen LogP contribution in [0.1, 0.15) is 23.0 Å². The van der Waals surface area contributed by atoms with E-state index in [2.05, 4.69) is 33.6 Å². The number of anilines is 3. The van der Waals surface area contributed by atoms with Gasteiger partial charge in [-0.05, 0) is 42.3 Å². The fraction of sp³-hybridized carbons (Fsp3) is 0.0870. The monoisotopic (exact) mass is 368 g/mol. The zero-order chi connectivity index (χ0) is 19.3. The van der Waals surface area contributed by atoms with Crippen molar-refractivity contribution in [1.82, 2.24) is 9.97 Å². The number of para-hydroxylation sites is 2. The van der Waals surface area contributed by atoms with E-state index in [-0.39, 0.29) is 5.91 Å². The third-order valence-electron chi connectivity index (χ3n) is 4.55. The average Bonchev–Trinajstić information content (AvgIpc) is 2.74. The first-order valence-corrected chi connectivity index (χ1v) is 9.20. The van der Waals surface area contributed by atoms with Crippen molar-refractivity contribution in [3.05, 3.63) is 90.4 Å². The highest BCUT2D eigenvalue weighted by atomic mass is 16.1. The van der Waals surface area contributed by atoms with Crippen LogP contribution in [0.25, 0.3) is 10.9 Å². The number of hydrogen-bond donors (Lipinski definition) is 2. The third kappa shape index (κ3) is 3.69. The number of carbonyl (C=O) groups is 1. The molecule has 0 aliphatic carbocycles. The lowest BCUT2D eigenvalue weighted by molar-refractivity contribution is 0.102. The van der Waals surface area contributed by atoms with E-state index >= 15 is 0 Å². The smallest absolute Gasteiger partial charge is 0.274 e. The van der Waals surface area contributed by atoms with Crippen molar-refractivity contribution in [2.45, 2.75) is 13.3 Å². The number of benzene rings is 2. The minimum absolute atomic E-state index is 0.273. The number of rotatable bonds is 5. The Balaban J connectivity index is 1.58. The zero-order valence-electron chi connectivity index (χ0n) is 15.5. The van der Waals surface area contributed by atoms with Gasteiger partial charge in [-0.25, -0.2) is 0 Å². The summed E-state index contributed by atoms with van der Waals surface area (Å²) in [5.74, 6) is -0.273. The minimum atomic E-state index is -0.273. The summed E-state index contributed by atoms with van der Waals surface area (Å²) >= 11 is 0. The molecule has 1 amide bonds. The van der Waals surface area contributed by atoms with Gasteiger partial charge in [-0.1, -0.05) is 43.3 Å². The van der Waals surface area contributed by atoms with Gasteiger partial charge in [0.2, 0.25) is 0 Å². The molecule has 2 N–H and O–H groups in total. The van der Waals surface area contributed by atoms with Crippen LogP contribution in [0.2, 0.25) is 0 Å². The summed E-state index contributed by atoms with van der Waals surface area (Å²) in [5.41, 5.74) is 4.82. The fourth-order valence-electron chi connectivity index (χ4n) is 3.13. The summed E-state index contributed by atoms with van der Waals surface area (Å²) < 4.78 is 0. The summed E-state index contributed by atoms with van der Waals surface area (Å²) in [4.78, 5) is 21.4. The third-order valence-corrected chi connectivity index (χ3v) is 4.55. The van der Waals surface area contributed by atoms with Crippen molar-refractivity contribution in [3.63, 3.8) is 0 Å². The summed E-state index contributed by atoms with van der Waals surface area (Å²) in [7, 11) is 0. The fourth-order valence-corrected chi connectivity index (χ4v) is 3.13. The van der Waals surface area contributed by atoms with Gasteiger partial charge in [0, 0.05) is 29.2 Å². The predicted molar refractivity (Wildman–Crippen MR) is 113 cm³/mol. The molecule has 28 heavy (non-hydrogen) atoms. The van der Waals surface area contributed by atoms with Gasteiger partial charge >= 0.3 is 0 Å². The van der Waals surface area contributed by atoms with Gasteiger partial charge in [0.25, 0.3) is 5.91 Å². The Bertz CT molecular complexity index is 1130. The Hall–Kier alpha value is -3.73. The van der Waals surface area contributed by atoms with Crippen LogP contribution in [0.15, 0.2) is 79.1 Å². The molecule has 0 atom stereocenters. The van der Waals surface area contributed by atoms with Crippen molar-refractivity contribution in [2.24, 2.45) is 0 Å². The molecule has 2 heterocycles. The highest BCUT2D eigenvalue weighted by Gasteiger charge is 2.11. The lowest BCUT2D eigenvalue weighted by atomic mass is 10.1. The van der Waals surface area contributed by atoms with Crippen molar-refractivity contribution in [2.75, 3.05) is 10.6 Å². The Morgan fingerprint density at radius 3 is 2.61 bits per heavy atom. The molecule has 0 unspecified atom stereocenters. The van der Waals surface area contributed by atoms with Gasteiger partial charge < -0.3 is 10.6 Å². The van der Waals surface area contributed by atoms with Crippen LogP contribution in [0.3, 0.4) is 0 Å². The minimum Gasteiger partial charge on any atom is -0.355 e. The molecule has 0 bridgehead atoms. The van der Waals surface area contributed by atoms with Crippen LogP contribution in [-0.2, 0) is 6.42 Å². The van der Waals surface area contributed by atoms with Gasteiger partial charge in [-0.2, -0.15) is 0 Å². The molecule has 0 saturated heterocycles. The number of pyridine rings is 2.